The molecule has 0 bridgehead atoms. The number of carbonyl (C=O) groups is 3. The smallest absolute Gasteiger partial charge is 0.340 e. The zero-order valence-electron chi connectivity index (χ0n) is 21.8. The van der Waals surface area contributed by atoms with Crippen LogP contribution in [0, 0.1) is 17.3 Å². The van der Waals surface area contributed by atoms with Crippen LogP contribution in [0.15, 0.2) is 0 Å². The van der Waals surface area contributed by atoms with Crippen molar-refractivity contribution in [1.82, 2.24) is 5.32 Å². The summed E-state index contributed by atoms with van der Waals surface area (Å²) in [6.07, 6.45) is 7.07. The lowest BCUT2D eigenvalue weighted by Crippen LogP contribution is -2.62. The van der Waals surface area contributed by atoms with E-state index >= 15 is 0 Å². The highest BCUT2D eigenvalue weighted by atomic mass is 32.2. The maximum absolute atomic E-state index is 12.9. The minimum Gasteiger partial charge on any atom is -0.479 e. The summed E-state index contributed by atoms with van der Waals surface area (Å²) in [6.45, 7) is 3.62. The van der Waals surface area contributed by atoms with E-state index in [0.29, 0.717) is 25.7 Å². The van der Waals surface area contributed by atoms with Crippen LogP contribution in [-0.2, 0) is 33.4 Å². The molecule has 0 saturated heterocycles. The van der Waals surface area contributed by atoms with E-state index in [9.17, 15) is 33.0 Å². The van der Waals surface area contributed by atoms with Crippen LogP contribution in [0.5, 0.6) is 0 Å². The van der Waals surface area contributed by atoms with Gasteiger partial charge in [-0.15, -0.1) is 0 Å². The number of aliphatic hydroxyl groups is 1. The van der Waals surface area contributed by atoms with Crippen LogP contribution in [-0.4, -0.2) is 67.1 Å². The second kappa shape index (κ2) is 13.2. The van der Waals surface area contributed by atoms with Crippen LogP contribution in [0.25, 0.3) is 0 Å². The third-order valence-electron chi connectivity index (χ3n) is 7.77. The number of nitrogens with one attached hydrogen (secondary N) is 1. The van der Waals surface area contributed by atoms with Crippen LogP contribution in [0.3, 0.4) is 0 Å². The second-order valence-electron chi connectivity index (χ2n) is 10.8. The lowest BCUT2D eigenvalue weighted by Gasteiger charge is -2.47. The fourth-order valence-corrected chi connectivity index (χ4v) is 6.64. The number of esters is 1. The highest BCUT2D eigenvalue weighted by molar-refractivity contribution is 7.86. The van der Waals surface area contributed by atoms with E-state index in [0.717, 1.165) is 38.5 Å². The van der Waals surface area contributed by atoms with Gasteiger partial charge in [-0.05, 0) is 38.0 Å². The van der Waals surface area contributed by atoms with Crippen LogP contribution in [0.2, 0.25) is 0 Å². The number of ether oxygens (including phenoxy) is 1. The van der Waals surface area contributed by atoms with Gasteiger partial charge >= 0.3 is 11.9 Å². The van der Waals surface area contributed by atoms with E-state index in [1.54, 1.807) is 0 Å². The fraction of sp³-hybridized carbons (Fsp3) is 0.880. The van der Waals surface area contributed by atoms with E-state index in [1.165, 1.54) is 20.8 Å². The monoisotopic (exact) mass is 533 g/mol. The van der Waals surface area contributed by atoms with E-state index in [4.69, 9.17) is 8.92 Å². The van der Waals surface area contributed by atoms with E-state index < -0.39 is 45.8 Å². The van der Waals surface area contributed by atoms with Gasteiger partial charge in [0.25, 0.3) is 10.1 Å². The SMILES string of the molecule is CC(=O)NCCCS(=O)(=O)OC(C1CCCCC1)C(C)(C)[C@@](O)(COC(=O)C1CCCCC1)C(=O)O. The first-order valence-electron chi connectivity index (χ1n) is 13.1. The van der Waals surface area contributed by atoms with Crippen molar-refractivity contribution in [3.8, 4) is 0 Å². The molecule has 1 amide bonds. The van der Waals surface area contributed by atoms with Gasteiger partial charge in [-0.25, -0.2) is 4.79 Å². The largest absolute Gasteiger partial charge is 0.479 e. The van der Waals surface area contributed by atoms with E-state index in [2.05, 4.69) is 5.32 Å². The molecule has 10 nitrogen and oxygen atoms in total. The van der Waals surface area contributed by atoms with Gasteiger partial charge in [-0.1, -0.05) is 52.4 Å². The van der Waals surface area contributed by atoms with Crippen LogP contribution in [0.4, 0.5) is 0 Å². The highest BCUT2D eigenvalue weighted by Gasteiger charge is 2.58. The summed E-state index contributed by atoms with van der Waals surface area (Å²) in [5.41, 5.74) is -4.18. The third kappa shape index (κ3) is 8.14. The molecule has 3 N–H and O–H groups in total. The number of carboxylic acids is 1. The molecular weight excluding hydrogens is 490 g/mol. The topological polar surface area (TPSA) is 156 Å². The van der Waals surface area contributed by atoms with Crippen molar-refractivity contribution in [3.63, 3.8) is 0 Å². The number of rotatable bonds is 13. The van der Waals surface area contributed by atoms with Gasteiger partial charge in [-0.2, -0.15) is 8.42 Å². The number of amides is 1. The van der Waals surface area contributed by atoms with E-state index in [-0.39, 0.29) is 36.5 Å². The maximum atomic E-state index is 12.9. The van der Waals surface area contributed by atoms with Crippen LogP contribution >= 0.6 is 0 Å². The summed E-state index contributed by atoms with van der Waals surface area (Å²) in [7, 11) is -4.11. The summed E-state index contributed by atoms with van der Waals surface area (Å²) in [6, 6.07) is 0. The molecule has 0 radical (unpaired) electrons. The van der Waals surface area contributed by atoms with Crippen molar-refractivity contribution in [3.05, 3.63) is 0 Å². The Morgan fingerprint density at radius 1 is 1.00 bits per heavy atom. The van der Waals surface area contributed by atoms with Crippen molar-refractivity contribution < 1.29 is 41.9 Å². The zero-order valence-corrected chi connectivity index (χ0v) is 22.6. The minimum atomic E-state index is -4.11. The molecule has 2 aliphatic carbocycles. The Kier molecular flexibility index (Phi) is 11.2. The highest BCUT2D eigenvalue weighted by Crippen LogP contribution is 2.45. The van der Waals surface area contributed by atoms with Gasteiger partial charge in [-0.3, -0.25) is 13.8 Å². The minimum absolute atomic E-state index is 0.127. The van der Waals surface area contributed by atoms with Gasteiger partial charge in [0.2, 0.25) is 11.5 Å². The van der Waals surface area contributed by atoms with Crippen molar-refractivity contribution in [2.45, 2.75) is 103 Å². The Morgan fingerprint density at radius 2 is 1.56 bits per heavy atom. The number of carbonyl (C=O) groups excluding carboxylic acids is 2. The molecule has 11 heteroatoms. The summed E-state index contributed by atoms with van der Waals surface area (Å²) in [4.78, 5) is 36.1. The molecule has 0 aliphatic heterocycles. The molecule has 0 aromatic rings. The number of hydrogen-bond acceptors (Lipinski definition) is 8. The zero-order chi connectivity index (χ0) is 27.0. The molecule has 0 heterocycles. The standard InChI is InChI=1S/C25H43NO9S/c1-18(27)26-15-10-16-36(32,33)35-21(19-11-6-4-7-12-19)24(2,3)25(31,23(29)30)17-34-22(28)20-13-8-5-9-14-20/h19-21,31H,4-17H2,1-3H3,(H,26,27)(H,29,30)/t21?,25-/m1/s1. The summed E-state index contributed by atoms with van der Waals surface area (Å²) in [5, 5.41) is 24.0. The molecular formula is C25H43NO9S. The Balaban J connectivity index is 2.24. The van der Waals surface area contributed by atoms with Crippen molar-refractivity contribution in [1.29, 1.82) is 0 Å². The van der Waals surface area contributed by atoms with Gasteiger partial charge in [0.15, 0.2) is 0 Å². The van der Waals surface area contributed by atoms with Gasteiger partial charge in [0.1, 0.15) is 6.61 Å². The van der Waals surface area contributed by atoms with Crippen molar-refractivity contribution >= 4 is 28.0 Å². The number of hydrogen-bond donors (Lipinski definition) is 3. The Bertz CT molecular complexity index is 861. The van der Waals surface area contributed by atoms with E-state index in [1.807, 2.05) is 0 Å². The first kappa shape index (κ1) is 30.5. The van der Waals surface area contributed by atoms with Crippen molar-refractivity contribution in [2.24, 2.45) is 17.3 Å². The predicted molar refractivity (Wildman–Crippen MR) is 132 cm³/mol. The lowest BCUT2D eigenvalue weighted by atomic mass is 9.65. The molecule has 208 valence electrons. The van der Waals surface area contributed by atoms with Gasteiger partial charge in [0.05, 0.1) is 17.8 Å². The number of carboxylic acid groups (broad SMARTS) is 1. The quantitative estimate of drug-likeness (QED) is 0.184. The second-order valence-corrected chi connectivity index (χ2v) is 12.6. The average Bonchev–Trinajstić information content (AvgIpc) is 2.84. The molecule has 0 aromatic heterocycles. The maximum Gasteiger partial charge on any atom is 0.340 e. The van der Waals surface area contributed by atoms with Crippen LogP contribution < -0.4 is 5.32 Å². The number of aliphatic carboxylic acids is 1. The summed E-state index contributed by atoms with van der Waals surface area (Å²) in [5.74, 6) is -3.39. The molecule has 36 heavy (non-hydrogen) atoms. The molecule has 2 aliphatic rings. The molecule has 0 spiro atoms. The Labute approximate surface area is 214 Å². The lowest BCUT2D eigenvalue weighted by molar-refractivity contribution is -0.202. The molecule has 2 saturated carbocycles. The first-order chi connectivity index (χ1) is 16.8. The third-order valence-corrected chi connectivity index (χ3v) is 9.06. The van der Waals surface area contributed by atoms with Crippen LogP contribution in [0.1, 0.15) is 91.4 Å². The van der Waals surface area contributed by atoms with Crippen molar-refractivity contribution in [2.75, 3.05) is 18.9 Å². The fourth-order valence-electron chi connectivity index (χ4n) is 5.33. The first-order valence-corrected chi connectivity index (χ1v) is 14.7. The normalized spacial score (nSPS) is 20.8. The Morgan fingerprint density at radius 3 is 2.08 bits per heavy atom. The molecule has 2 atom stereocenters. The predicted octanol–water partition coefficient (Wildman–Crippen LogP) is 2.77. The van der Waals surface area contributed by atoms with Gasteiger partial charge in [0, 0.05) is 18.9 Å². The molecule has 1 unspecified atom stereocenters. The average molecular weight is 534 g/mol. The molecule has 0 aromatic carbocycles. The van der Waals surface area contributed by atoms with Gasteiger partial charge < -0.3 is 20.3 Å². The molecule has 2 rings (SSSR count). The summed E-state index contributed by atoms with van der Waals surface area (Å²) >= 11 is 0. The Hall–Kier alpha value is -1.72. The molecule has 2 fully saturated rings. The summed E-state index contributed by atoms with van der Waals surface area (Å²) < 4.78 is 36.8.